The predicted molar refractivity (Wildman–Crippen MR) is 79.7 cm³/mol. The second-order valence-corrected chi connectivity index (χ2v) is 4.31. The van der Waals surface area contributed by atoms with Gasteiger partial charge in [0.05, 0.1) is 12.2 Å². The van der Waals surface area contributed by atoms with Crippen molar-refractivity contribution in [1.29, 1.82) is 0 Å². The van der Waals surface area contributed by atoms with Gasteiger partial charge in [0.15, 0.2) is 0 Å². The van der Waals surface area contributed by atoms with Crippen molar-refractivity contribution in [3.8, 4) is 11.8 Å². The van der Waals surface area contributed by atoms with Gasteiger partial charge in [-0.3, -0.25) is 9.78 Å². The number of aryl methyl sites for hydroxylation is 1. The van der Waals surface area contributed by atoms with E-state index in [0.717, 1.165) is 5.69 Å². The number of nitrogens with one attached hydrogen (secondary N) is 1. The SMILES string of the molecule is Cc1cc(NC(=O)c2ncccc2C#CCCO)ccn1. The van der Waals surface area contributed by atoms with Crippen molar-refractivity contribution >= 4 is 11.6 Å². The van der Waals surface area contributed by atoms with E-state index in [0.29, 0.717) is 17.7 Å². The van der Waals surface area contributed by atoms with E-state index in [9.17, 15) is 4.79 Å². The summed E-state index contributed by atoms with van der Waals surface area (Å²) in [6, 6.07) is 6.93. The average molecular weight is 281 g/mol. The molecule has 2 heterocycles. The summed E-state index contributed by atoms with van der Waals surface area (Å²) in [4.78, 5) is 20.4. The Morgan fingerprint density at radius 3 is 2.95 bits per heavy atom. The fraction of sp³-hybridized carbons (Fsp3) is 0.188. The Morgan fingerprint density at radius 2 is 2.19 bits per heavy atom. The van der Waals surface area contributed by atoms with Gasteiger partial charge in [-0.15, -0.1) is 0 Å². The monoisotopic (exact) mass is 281 g/mol. The normalized spacial score (nSPS) is 9.62. The molecule has 0 unspecified atom stereocenters. The van der Waals surface area contributed by atoms with Crippen LogP contribution in [0.15, 0.2) is 36.7 Å². The number of anilines is 1. The molecule has 0 aliphatic carbocycles. The summed E-state index contributed by atoms with van der Waals surface area (Å²) in [5.74, 6) is 5.31. The molecule has 0 saturated carbocycles. The standard InChI is InChI=1S/C16H15N3O2/c1-12-11-14(7-9-17-12)19-16(21)15-13(5-2-3-10-20)6-4-8-18-15/h4,6-9,11,20H,3,10H2,1H3,(H,17,19,21). The summed E-state index contributed by atoms with van der Waals surface area (Å²) in [6.45, 7) is 1.84. The first kappa shape index (κ1) is 14.7. The summed E-state index contributed by atoms with van der Waals surface area (Å²) < 4.78 is 0. The maximum Gasteiger partial charge on any atom is 0.275 e. The van der Waals surface area contributed by atoms with Gasteiger partial charge in [-0.25, -0.2) is 4.98 Å². The molecule has 21 heavy (non-hydrogen) atoms. The minimum Gasteiger partial charge on any atom is -0.395 e. The van der Waals surface area contributed by atoms with Crippen molar-refractivity contribution in [3.63, 3.8) is 0 Å². The number of aromatic nitrogens is 2. The Kier molecular flexibility index (Phi) is 5.02. The van der Waals surface area contributed by atoms with Crippen LogP contribution in [-0.2, 0) is 0 Å². The zero-order chi connectivity index (χ0) is 15.1. The van der Waals surface area contributed by atoms with Crippen molar-refractivity contribution in [2.45, 2.75) is 13.3 Å². The lowest BCUT2D eigenvalue weighted by Crippen LogP contribution is -2.15. The Hall–Kier alpha value is -2.71. The first-order valence-electron chi connectivity index (χ1n) is 6.49. The van der Waals surface area contributed by atoms with Crippen LogP contribution in [0.1, 0.15) is 28.2 Å². The summed E-state index contributed by atoms with van der Waals surface area (Å²) in [5.41, 5.74) is 2.27. The molecule has 0 bridgehead atoms. The van der Waals surface area contributed by atoms with Crippen LogP contribution in [0.5, 0.6) is 0 Å². The van der Waals surface area contributed by atoms with Gasteiger partial charge in [0, 0.05) is 30.2 Å². The van der Waals surface area contributed by atoms with E-state index in [1.165, 1.54) is 0 Å². The van der Waals surface area contributed by atoms with Crippen molar-refractivity contribution in [2.75, 3.05) is 11.9 Å². The second-order valence-electron chi connectivity index (χ2n) is 4.31. The van der Waals surface area contributed by atoms with Crippen molar-refractivity contribution in [3.05, 3.63) is 53.6 Å². The highest BCUT2D eigenvalue weighted by Crippen LogP contribution is 2.11. The molecule has 106 valence electrons. The van der Waals surface area contributed by atoms with Gasteiger partial charge in [-0.1, -0.05) is 11.8 Å². The van der Waals surface area contributed by atoms with Crippen LogP contribution in [0.4, 0.5) is 5.69 Å². The molecule has 1 amide bonds. The Labute approximate surface area is 123 Å². The molecule has 2 N–H and O–H groups in total. The molecular formula is C16H15N3O2. The highest BCUT2D eigenvalue weighted by Gasteiger charge is 2.11. The van der Waals surface area contributed by atoms with Gasteiger partial charge in [0.25, 0.3) is 5.91 Å². The highest BCUT2D eigenvalue weighted by molar-refractivity contribution is 6.04. The molecule has 2 aromatic heterocycles. The van der Waals surface area contributed by atoms with Gasteiger partial charge >= 0.3 is 0 Å². The van der Waals surface area contributed by atoms with Crippen LogP contribution in [0.2, 0.25) is 0 Å². The molecule has 0 spiro atoms. The minimum atomic E-state index is -0.325. The van der Waals surface area contributed by atoms with Crippen LogP contribution in [0.3, 0.4) is 0 Å². The fourth-order valence-corrected chi connectivity index (χ4v) is 1.71. The topological polar surface area (TPSA) is 75.1 Å². The number of carbonyl (C=O) groups is 1. The van der Waals surface area contributed by atoms with Crippen molar-refractivity contribution < 1.29 is 9.90 Å². The molecule has 5 nitrogen and oxygen atoms in total. The van der Waals surface area contributed by atoms with Crippen molar-refractivity contribution in [1.82, 2.24) is 9.97 Å². The van der Waals surface area contributed by atoms with E-state index in [4.69, 9.17) is 5.11 Å². The molecule has 0 aliphatic rings. The zero-order valence-corrected chi connectivity index (χ0v) is 11.6. The molecule has 0 saturated heterocycles. The van der Waals surface area contributed by atoms with Crippen LogP contribution >= 0.6 is 0 Å². The number of hydrogen-bond acceptors (Lipinski definition) is 4. The lowest BCUT2D eigenvalue weighted by molar-refractivity contribution is 0.102. The van der Waals surface area contributed by atoms with Crippen LogP contribution in [-0.4, -0.2) is 27.6 Å². The van der Waals surface area contributed by atoms with Gasteiger partial charge < -0.3 is 10.4 Å². The molecule has 0 fully saturated rings. The van der Waals surface area contributed by atoms with Crippen LogP contribution in [0, 0.1) is 18.8 Å². The third-order valence-electron chi connectivity index (χ3n) is 2.64. The molecule has 0 atom stereocenters. The number of hydrogen-bond donors (Lipinski definition) is 2. The Morgan fingerprint density at radius 1 is 1.33 bits per heavy atom. The van der Waals surface area contributed by atoms with Gasteiger partial charge in [-0.05, 0) is 31.2 Å². The highest BCUT2D eigenvalue weighted by atomic mass is 16.2. The molecule has 2 rings (SSSR count). The smallest absolute Gasteiger partial charge is 0.275 e. The second kappa shape index (κ2) is 7.17. The maximum absolute atomic E-state index is 12.3. The van der Waals surface area contributed by atoms with Gasteiger partial charge in [0.2, 0.25) is 0 Å². The van der Waals surface area contributed by atoms with Gasteiger partial charge in [-0.2, -0.15) is 0 Å². The number of aliphatic hydroxyl groups is 1. The molecular weight excluding hydrogens is 266 g/mol. The first-order chi connectivity index (χ1) is 10.2. The zero-order valence-electron chi connectivity index (χ0n) is 11.6. The van der Waals surface area contributed by atoms with E-state index >= 15 is 0 Å². The number of amides is 1. The molecule has 0 aromatic carbocycles. The lowest BCUT2D eigenvalue weighted by Gasteiger charge is -2.06. The average Bonchev–Trinajstić information content (AvgIpc) is 2.48. The van der Waals surface area contributed by atoms with E-state index < -0.39 is 0 Å². The molecule has 5 heteroatoms. The summed E-state index contributed by atoms with van der Waals surface area (Å²) in [7, 11) is 0. The minimum absolute atomic E-state index is 0.00885. The van der Waals surface area contributed by atoms with Crippen LogP contribution < -0.4 is 5.32 Å². The van der Waals surface area contributed by atoms with Crippen LogP contribution in [0.25, 0.3) is 0 Å². The summed E-state index contributed by atoms with van der Waals surface area (Å²) >= 11 is 0. The van der Waals surface area contributed by atoms with E-state index in [1.54, 1.807) is 36.7 Å². The third kappa shape index (κ3) is 4.13. The molecule has 0 radical (unpaired) electrons. The predicted octanol–water partition coefficient (Wildman–Crippen LogP) is 1.77. The molecule has 0 aliphatic heterocycles. The Balaban J connectivity index is 2.22. The maximum atomic E-state index is 12.3. The third-order valence-corrected chi connectivity index (χ3v) is 2.64. The summed E-state index contributed by atoms with van der Waals surface area (Å²) in [5, 5.41) is 11.5. The quantitative estimate of drug-likeness (QED) is 0.841. The number of rotatable bonds is 3. The lowest BCUT2D eigenvalue weighted by atomic mass is 10.1. The number of aliphatic hydroxyl groups excluding tert-OH is 1. The largest absolute Gasteiger partial charge is 0.395 e. The Bertz CT molecular complexity index is 702. The summed E-state index contributed by atoms with van der Waals surface area (Å²) in [6.07, 6.45) is 3.54. The van der Waals surface area contributed by atoms with E-state index in [1.807, 2.05) is 6.92 Å². The van der Waals surface area contributed by atoms with Gasteiger partial charge in [0.1, 0.15) is 5.69 Å². The van der Waals surface area contributed by atoms with Crippen molar-refractivity contribution in [2.24, 2.45) is 0 Å². The molecule has 2 aromatic rings. The number of pyridine rings is 2. The number of nitrogens with zero attached hydrogens (tertiary/aromatic N) is 2. The van der Waals surface area contributed by atoms with E-state index in [2.05, 4.69) is 27.1 Å². The van der Waals surface area contributed by atoms with E-state index in [-0.39, 0.29) is 18.2 Å². The number of carbonyl (C=O) groups excluding carboxylic acids is 1. The first-order valence-corrected chi connectivity index (χ1v) is 6.49. The fourth-order valence-electron chi connectivity index (χ4n) is 1.71.